The van der Waals surface area contributed by atoms with Gasteiger partial charge in [-0.05, 0) is 30.7 Å². The Hall–Kier alpha value is -0.910. The van der Waals surface area contributed by atoms with E-state index < -0.39 is 9.84 Å². The van der Waals surface area contributed by atoms with Crippen LogP contribution >= 0.6 is 0 Å². The van der Waals surface area contributed by atoms with Gasteiger partial charge < -0.3 is 10.5 Å². The van der Waals surface area contributed by atoms with Crippen LogP contribution in [-0.2, 0) is 20.0 Å². The first kappa shape index (κ1) is 12.5. The zero-order valence-electron chi connectivity index (χ0n) is 9.85. The Morgan fingerprint density at radius 3 is 2.24 bits per heavy atom. The first-order valence-corrected chi connectivity index (χ1v) is 7.45. The molecule has 2 rings (SSSR count). The summed E-state index contributed by atoms with van der Waals surface area (Å²) in [4.78, 5) is 0.351. The molecule has 5 heteroatoms. The van der Waals surface area contributed by atoms with Crippen LogP contribution in [0.15, 0.2) is 29.2 Å². The molecule has 0 radical (unpaired) electrons. The smallest absolute Gasteiger partial charge is 0.175 e. The van der Waals surface area contributed by atoms with E-state index in [0.29, 0.717) is 24.7 Å². The van der Waals surface area contributed by atoms with Crippen LogP contribution in [0, 0.1) is 0 Å². The third-order valence-electron chi connectivity index (χ3n) is 3.27. The molecule has 0 amide bonds. The van der Waals surface area contributed by atoms with Gasteiger partial charge in [0.15, 0.2) is 9.84 Å². The lowest BCUT2D eigenvalue weighted by Gasteiger charge is -2.42. The van der Waals surface area contributed by atoms with Gasteiger partial charge in [-0.3, -0.25) is 0 Å². The van der Waals surface area contributed by atoms with Crippen molar-refractivity contribution in [1.82, 2.24) is 0 Å². The predicted octanol–water partition coefficient (Wildman–Crippen LogP) is 0.707. The lowest BCUT2D eigenvalue weighted by Crippen LogP contribution is -2.48. The number of sulfone groups is 1. The van der Waals surface area contributed by atoms with E-state index in [9.17, 15) is 8.42 Å². The summed E-state index contributed by atoms with van der Waals surface area (Å²) in [7, 11) is -3.12. The molecule has 0 atom stereocenters. The van der Waals surface area contributed by atoms with Crippen LogP contribution in [0.25, 0.3) is 0 Å². The van der Waals surface area contributed by atoms with Crippen molar-refractivity contribution in [3.05, 3.63) is 29.8 Å². The highest BCUT2D eigenvalue weighted by molar-refractivity contribution is 7.90. The molecule has 0 aromatic heterocycles. The summed E-state index contributed by atoms with van der Waals surface area (Å²) in [5.41, 5.74) is 6.71. The van der Waals surface area contributed by atoms with Gasteiger partial charge in [-0.1, -0.05) is 12.1 Å². The molecule has 0 saturated carbocycles. The molecule has 0 bridgehead atoms. The molecular weight excluding hydrogens is 238 g/mol. The molecule has 1 aromatic rings. The van der Waals surface area contributed by atoms with Crippen molar-refractivity contribution in [1.29, 1.82) is 0 Å². The van der Waals surface area contributed by atoms with Crippen LogP contribution in [0.5, 0.6) is 0 Å². The summed E-state index contributed by atoms with van der Waals surface area (Å²) in [6.07, 6.45) is 2.08. The second-order valence-electron chi connectivity index (χ2n) is 4.61. The average molecular weight is 255 g/mol. The maximum Gasteiger partial charge on any atom is 0.175 e. The van der Waals surface area contributed by atoms with Crippen molar-refractivity contribution < 1.29 is 13.2 Å². The van der Waals surface area contributed by atoms with Crippen molar-refractivity contribution in [3.63, 3.8) is 0 Å². The van der Waals surface area contributed by atoms with E-state index in [2.05, 4.69) is 0 Å². The third kappa shape index (κ3) is 2.36. The van der Waals surface area contributed by atoms with E-state index in [0.717, 1.165) is 12.0 Å². The minimum absolute atomic E-state index is 0.00914. The summed E-state index contributed by atoms with van der Waals surface area (Å²) in [5.74, 6) is 0. The summed E-state index contributed by atoms with van der Waals surface area (Å²) >= 11 is 0. The summed E-state index contributed by atoms with van der Waals surface area (Å²) in [5, 5.41) is 0. The lowest BCUT2D eigenvalue weighted by molar-refractivity contribution is -0.0631. The van der Waals surface area contributed by atoms with Crippen molar-refractivity contribution in [3.8, 4) is 0 Å². The Morgan fingerprint density at radius 1 is 1.29 bits per heavy atom. The predicted molar refractivity (Wildman–Crippen MR) is 65.7 cm³/mol. The quantitative estimate of drug-likeness (QED) is 0.860. The van der Waals surface area contributed by atoms with Gasteiger partial charge in [0.2, 0.25) is 0 Å². The molecule has 1 aromatic carbocycles. The molecular formula is C12H17NO3S. The second-order valence-corrected chi connectivity index (χ2v) is 6.62. The van der Waals surface area contributed by atoms with E-state index in [4.69, 9.17) is 10.5 Å². The Labute approximate surface area is 102 Å². The lowest BCUT2D eigenvalue weighted by atomic mass is 9.76. The number of benzene rings is 1. The highest BCUT2D eigenvalue weighted by Crippen LogP contribution is 2.35. The number of hydrogen-bond acceptors (Lipinski definition) is 4. The number of ether oxygens (including phenoxy) is 1. The zero-order chi connectivity index (χ0) is 12.5. The number of nitrogens with two attached hydrogens (primary N) is 1. The van der Waals surface area contributed by atoms with Crippen LogP contribution in [-0.4, -0.2) is 34.4 Å². The van der Waals surface area contributed by atoms with Gasteiger partial charge in [0.25, 0.3) is 0 Å². The van der Waals surface area contributed by atoms with Crippen molar-refractivity contribution >= 4 is 9.84 Å². The monoisotopic (exact) mass is 255 g/mol. The van der Waals surface area contributed by atoms with Gasteiger partial charge in [0.05, 0.1) is 18.1 Å². The van der Waals surface area contributed by atoms with Gasteiger partial charge >= 0.3 is 0 Å². The molecule has 94 valence electrons. The van der Waals surface area contributed by atoms with Gasteiger partial charge in [-0.15, -0.1) is 0 Å². The maximum absolute atomic E-state index is 11.4. The van der Waals surface area contributed by atoms with Gasteiger partial charge in [-0.2, -0.15) is 0 Å². The van der Waals surface area contributed by atoms with Crippen molar-refractivity contribution in [2.75, 3.05) is 26.0 Å². The largest absolute Gasteiger partial charge is 0.379 e. The normalized spacial score (nSPS) is 18.7. The van der Waals surface area contributed by atoms with Gasteiger partial charge in [-0.25, -0.2) is 8.42 Å². The molecule has 17 heavy (non-hydrogen) atoms. The van der Waals surface area contributed by atoms with Crippen LogP contribution < -0.4 is 5.73 Å². The van der Waals surface area contributed by atoms with E-state index in [1.165, 1.54) is 6.26 Å². The first-order chi connectivity index (χ1) is 7.98. The highest BCUT2D eigenvalue weighted by atomic mass is 32.2. The third-order valence-corrected chi connectivity index (χ3v) is 4.40. The average Bonchev–Trinajstić information content (AvgIpc) is 2.22. The Balaban J connectivity index is 2.29. The van der Waals surface area contributed by atoms with Gasteiger partial charge in [0.1, 0.15) is 0 Å². The van der Waals surface area contributed by atoms with Crippen LogP contribution in [0.2, 0.25) is 0 Å². The SMILES string of the molecule is CS(=O)(=O)c1ccc(C2(CCN)COC2)cc1. The minimum atomic E-state index is -3.12. The molecule has 4 nitrogen and oxygen atoms in total. The van der Waals surface area contributed by atoms with E-state index in [1.807, 2.05) is 12.1 Å². The topological polar surface area (TPSA) is 69.4 Å². The standard InChI is InChI=1S/C12H17NO3S/c1-17(14,15)11-4-2-10(3-5-11)12(6-7-13)8-16-9-12/h2-5H,6-9,13H2,1H3. The Morgan fingerprint density at radius 2 is 1.88 bits per heavy atom. The molecule has 1 saturated heterocycles. The summed E-state index contributed by atoms with van der Waals surface area (Å²) < 4.78 is 28.0. The second kappa shape index (κ2) is 4.40. The van der Waals surface area contributed by atoms with Crippen LogP contribution in [0.3, 0.4) is 0 Å². The fourth-order valence-electron chi connectivity index (χ4n) is 2.14. The molecule has 0 unspecified atom stereocenters. The van der Waals surface area contributed by atoms with Gasteiger partial charge in [0, 0.05) is 11.7 Å². The van der Waals surface area contributed by atoms with Crippen molar-refractivity contribution in [2.45, 2.75) is 16.7 Å². The maximum atomic E-state index is 11.4. The molecule has 2 N–H and O–H groups in total. The number of hydrogen-bond donors (Lipinski definition) is 1. The molecule has 1 aliphatic heterocycles. The zero-order valence-corrected chi connectivity index (χ0v) is 10.7. The Bertz CT molecular complexity index is 489. The molecule has 0 spiro atoms. The summed E-state index contributed by atoms with van der Waals surface area (Å²) in [6.45, 7) is 1.95. The first-order valence-electron chi connectivity index (χ1n) is 5.56. The fraction of sp³-hybridized carbons (Fsp3) is 0.500. The molecule has 1 heterocycles. The van der Waals surface area contributed by atoms with E-state index >= 15 is 0 Å². The van der Waals surface area contributed by atoms with Crippen LogP contribution in [0.1, 0.15) is 12.0 Å². The fourth-order valence-corrected chi connectivity index (χ4v) is 2.77. The number of rotatable bonds is 4. The van der Waals surface area contributed by atoms with E-state index in [1.54, 1.807) is 12.1 Å². The van der Waals surface area contributed by atoms with Crippen molar-refractivity contribution in [2.24, 2.45) is 5.73 Å². The van der Waals surface area contributed by atoms with Crippen LogP contribution in [0.4, 0.5) is 0 Å². The Kier molecular flexibility index (Phi) is 3.25. The molecule has 1 aliphatic rings. The minimum Gasteiger partial charge on any atom is -0.379 e. The molecule has 0 aliphatic carbocycles. The van der Waals surface area contributed by atoms with E-state index in [-0.39, 0.29) is 5.41 Å². The molecule has 1 fully saturated rings. The highest BCUT2D eigenvalue weighted by Gasteiger charge is 2.39. The summed E-state index contributed by atoms with van der Waals surface area (Å²) in [6, 6.07) is 7.05.